The monoisotopic (exact) mass is 764 g/mol. The highest BCUT2D eigenvalue weighted by molar-refractivity contribution is 6.05. The van der Waals surface area contributed by atoms with Crippen LogP contribution in [0.4, 0.5) is 5.69 Å². The molecule has 0 heterocycles. The molecule has 2 unspecified atom stereocenters. The number of carbonyl (C=O) groups excluding carboxylic acids is 3. The second-order valence-corrected chi connectivity index (χ2v) is 15.7. The molecule has 55 heavy (non-hydrogen) atoms. The van der Waals surface area contributed by atoms with Gasteiger partial charge in [-0.15, -0.1) is 0 Å². The lowest BCUT2D eigenvalue weighted by Crippen LogP contribution is -2.21. The van der Waals surface area contributed by atoms with Crippen molar-refractivity contribution in [1.82, 2.24) is 0 Å². The maximum atomic E-state index is 13.9. The van der Waals surface area contributed by atoms with E-state index in [1.54, 1.807) is 12.1 Å². The molecule has 2 rings (SSSR count). The molecule has 2 aromatic rings. The summed E-state index contributed by atoms with van der Waals surface area (Å²) in [5, 5.41) is 3.05. The number of nitrogens with one attached hydrogen (secondary N) is 1. The molecule has 0 aliphatic rings. The normalized spacial score (nSPS) is 12.2. The molecule has 0 spiro atoms. The third kappa shape index (κ3) is 20.9. The topological polar surface area (TPSA) is 90.9 Å². The SMILES string of the molecule is CCCCCCCCC(CCCCCC)COC(=O)c1ccc(C(=O)Oc2ccc(NC)cc2)cc1C(=O)OCC(CCCCCC)CCCCCCCC. The van der Waals surface area contributed by atoms with Crippen molar-refractivity contribution in [3.05, 3.63) is 59.2 Å². The first-order valence-electron chi connectivity index (χ1n) is 22.3. The molecular weight excluding hydrogens is 687 g/mol. The highest BCUT2D eigenvalue weighted by Gasteiger charge is 2.25. The summed E-state index contributed by atoms with van der Waals surface area (Å²) in [5.41, 5.74) is 1.23. The summed E-state index contributed by atoms with van der Waals surface area (Å²) < 4.78 is 17.6. The number of carbonyl (C=O) groups is 3. The fourth-order valence-electron chi connectivity index (χ4n) is 7.18. The Morgan fingerprint density at radius 3 is 1.33 bits per heavy atom. The lowest BCUT2D eigenvalue weighted by molar-refractivity contribution is 0.0375. The predicted molar refractivity (Wildman–Crippen MR) is 228 cm³/mol. The van der Waals surface area contributed by atoms with Gasteiger partial charge in [0.05, 0.1) is 29.9 Å². The Bertz CT molecular complexity index is 1310. The summed E-state index contributed by atoms with van der Waals surface area (Å²) in [6.07, 6.45) is 28.1. The van der Waals surface area contributed by atoms with Crippen LogP contribution in [-0.2, 0) is 9.47 Å². The van der Waals surface area contributed by atoms with Gasteiger partial charge < -0.3 is 19.5 Å². The molecule has 0 bridgehead atoms. The molecule has 7 nitrogen and oxygen atoms in total. The molecule has 0 radical (unpaired) electrons. The van der Waals surface area contributed by atoms with Gasteiger partial charge in [-0.2, -0.15) is 0 Å². The summed E-state index contributed by atoms with van der Waals surface area (Å²) in [6, 6.07) is 11.5. The van der Waals surface area contributed by atoms with Gasteiger partial charge in [-0.1, -0.05) is 156 Å². The number of unbranched alkanes of at least 4 members (excludes halogenated alkanes) is 16. The molecule has 0 saturated carbocycles. The Morgan fingerprint density at radius 2 is 0.891 bits per heavy atom. The summed E-state index contributed by atoms with van der Waals surface area (Å²) in [4.78, 5) is 41.0. The molecular formula is C48H77NO6. The zero-order chi connectivity index (χ0) is 39.9. The first-order valence-corrected chi connectivity index (χ1v) is 22.3. The second-order valence-electron chi connectivity index (χ2n) is 15.7. The van der Waals surface area contributed by atoms with E-state index in [4.69, 9.17) is 14.2 Å². The van der Waals surface area contributed by atoms with Crippen LogP contribution < -0.4 is 10.1 Å². The fraction of sp³-hybridized carbons (Fsp3) is 0.688. The molecule has 0 amide bonds. The predicted octanol–water partition coefficient (Wildman–Crippen LogP) is 13.9. The van der Waals surface area contributed by atoms with Gasteiger partial charge in [0.1, 0.15) is 5.75 Å². The lowest BCUT2D eigenvalue weighted by atomic mass is 9.95. The molecule has 0 fully saturated rings. The quantitative estimate of drug-likeness (QED) is 0.0440. The Balaban J connectivity index is 2.24. The average molecular weight is 764 g/mol. The summed E-state index contributed by atoms with van der Waals surface area (Å²) in [6.45, 7) is 9.51. The summed E-state index contributed by atoms with van der Waals surface area (Å²) in [5.74, 6) is -0.862. The van der Waals surface area contributed by atoms with Crippen LogP contribution in [0.3, 0.4) is 0 Å². The van der Waals surface area contributed by atoms with Crippen LogP contribution in [0.25, 0.3) is 0 Å². The molecule has 1 N–H and O–H groups in total. The second kappa shape index (κ2) is 30.8. The Labute approximate surface area is 335 Å². The fourth-order valence-corrected chi connectivity index (χ4v) is 7.18. The number of ether oxygens (including phenoxy) is 3. The van der Waals surface area contributed by atoms with E-state index in [9.17, 15) is 14.4 Å². The smallest absolute Gasteiger partial charge is 0.343 e. The van der Waals surface area contributed by atoms with Gasteiger partial charge in [-0.3, -0.25) is 0 Å². The van der Waals surface area contributed by atoms with Crippen LogP contribution >= 0.6 is 0 Å². The first kappa shape index (κ1) is 47.8. The van der Waals surface area contributed by atoms with E-state index in [0.717, 1.165) is 57.1 Å². The largest absolute Gasteiger partial charge is 0.462 e. The van der Waals surface area contributed by atoms with Crippen LogP contribution in [0.2, 0.25) is 0 Å². The van der Waals surface area contributed by atoms with Crippen LogP contribution in [-0.4, -0.2) is 38.2 Å². The minimum atomic E-state index is -0.617. The minimum absolute atomic E-state index is 0.0460. The maximum absolute atomic E-state index is 13.9. The standard InChI is InChI=1S/C48H77NO6/c1-6-10-14-18-20-24-28-39(26-22-16-12-8-3)37-53-47(51)44-35-30-41(46(50)55-43-33-31-42(49-5)32-34-43)36-45(44)48(52)54-38-40(27-23-17-13-9-4)29-25-21-19-15-11-7-2/h30-36,39-40,49H,6-29,37-38H2,1-5H3. The molecule has 7 heteroatoms. The van der Waals surface area contributed by atoms with Gasteiger partial charge in [0, 0.05) is 12.7 Å². The lowest BCUT2D eigenvalue weighted by Gasteiger charge is -2.19. The van der Waals surface area contributed by atoms with Crippen molar-refractivity contribution in [3.8, 4) is 5.75 Å². The number of hydrogen-bond donors (Lipinski definition) is 1. The van der Waals surface area contributed by atoms with E-state index in [-0.39, 0.29) is 28.5 Å². The molecule has 310 valence electrons. The van der Waals surface area contributed by atoms with E-state index < -0.39 is 17.9 Å². The number of anilines is 1. The molecule has 0 aromatic heterocycles. The van der Waals surface area contributed by atoms with E-state index in [2.05, 4.69) is 33.0 Å². The summed E-state index contributed by atoms with van der Waals surface area (Å²) in [7, 11) is 1.82. The maximum Gasteiger partial charge on any atom is 0.343 e. The van der Waals surface area contributed by atoms with Crippen molar-refractivity contribution in [2.75, 3.05) is 25.6 Å². The Kier molecular flexibility index (Phi) is 26.8. The number of benzene rings is 2. The van der Waals surface area contributed by atoms with Gasteiger partial charge in [-0.25, -0.2) is 14.4 Å². The molecule has 0 aliphatic carbocycles. The van der Waals surface area contributed by atoms with Crippen molar-refractivity contribution in [2.24, 2.45) is 11.8 Å². The highest BCUT2D eigenvalue weighted by atomic mass is 16.5. The van der Waals surface area contributed by atoms with Crippen molar-refractivity contribution in [3.63, 3.8) is 0 Å². The van der Waals surface area contributed by atoms with E-state index in [1.165, 1.54) is 121 Å². The van der Waals surface area contributed by atoms with E-state index in [0.29, 0.717) is 19.0 Å². The Morgan fingerprint density at radius 1 is 0.491 bits per heavy atom. The zero-order valence-electron chi connectivity index (χ0n) is 35.5. The minimum Gasteiger partial charge on any atom is -0.462 e. The van der Waals surface area contributed by atoms with Crippen molar-refractivity contribution in [2.45, 2.75) is 182 Å². The summed E-state index contributed by atoms with van der Waals surface area (Å²) >= 11 is 0. The van der Waals surface area contributed by atoms with Crippen molar-refractivity contribution in [1.29, 1.82) is 0 Å². The zero-order valence-corrected chi connectivity index (χ0v) is 35.5. The third-order valence-electron chi connectivity index (χ3n) is 10.8. The molecule has 0 aliphatic heterocycles. The molecule has 2 aromatic carbocycles. The van der Waals surface area contributed by atoms with Gasteiger partial charge in [0.2, 0.25) is 0 Å². The van der Waals surface area contributed by atoms with E-state index >= 15 is 0 Å². The van der Waals surface area contributed by atoms with Crippen LogP contribution in [0.1, 0.15) is 213 Å². The molecule has 0 saturated heterocycles. The van der Waals surface area contributed by atoms with Gasteiger partial charge in [0.25, 0.3) is 0 Å². The van der Waals surface area contributed by atoms with Crippen LogP contribution in [0.5, 0.6) is 5.75 Å². The van der Waals surface area contributed by atoms with Crippen molar-refractivity contribution >= 4 is 23.6 Å². The first-order chi connectivity index (χ1) is 26.9. The van der Waals surface area contributed by atoms with Gasteiger partial charge >= 0.3 is 17.9 Å². The average Bonchev–Trinajstić information content (AvgIpc) is 3.20. The van der Waals surface area contributed by atoms with Crippen LogP contribution in [0.15, 0.2) is 42.5 Å². The van der Waals surface area contributed by atoms with Gasteiger partial charge in [0.15, 0.2) is 0 Å². The molecule has 2 atom stereocenters. The number of rotatable bonds is 33. The van der Waals surface area contributed by atoms with Crippen LogP contribution in [0, 0.1) is 11.8 Å². The third-order valence-corrected chi connectivity index (χ3v) is 10.8. The number of esters is 3. The highest BCUT2D eigenvalue weighted by Crippen LogP contribution is 2.24. The Hall–Kier alpha value is -3.35. The van der Waals surface area contributed by atoms with Gasteiger partial charge in [-0.05, 0) is 80.0 Å². The van der Waals surface area contributed by atoms with E-state index in [1.807, 2.05) is 19.2 Å². The number of hydrogen-bond acceptors (Lipinski definition) is 7. The van der Waals surface area contributed by atoms with Crippen molar-refractivity contribution < 1.29 is 28.6 Å².